The Bertz CT molecular complexity index is 1470. The summed E-state index contributed by atoms with van der Waals surface area (Å²) in [5, 5.41) is 12.5. The van der Waals surface area contributed by atoms with Crippen molar-refractivity contribution in [2.75, 3.05) is 18.2 Å². The molecule has 0 fully saturated rings. The zero-order valence-corrected chi connectivity index (χ0v) is 18.4. The number of thiol groups is 1. The van der Waals surface area contributed by atoms with Crippen LogP contribution in [0, 0.1) is 17.1 Å². The molecule has 0 amide bonds. The predicted molar refractivity (Wildman–Crippen MR) is 121 cm³/mol. The molecule has 33 heavy (non-hydrogen) atoms. The molecule has 0 aliphatic heterocycles. The Morgan fingerprint density at radius 1 is 1.33 bits per heavy atom. The van der Waals surface area contributed by atoms with Crippen LogP contribution in [-0.4, -0.2) is 35.8 Å². The van der Waals surface area contributed by atoms with Crippen molar-refractivity contribution in [1.82, 2.24) is 24.5 Å². The minimum Gasteiger partial charge on any atom is -0.382 e. The predicted octanol–water partition coefficient (Wildman–Crippen LogP) is 2.83. The van der Waals surface area contributed by atoms with E-state index in [4.69, 9.17) is 9.92 Å². The lowest BCUT2D eigenvalue weighted by atomic mass is 10.2. The largest absolute Gasteiger partial charge is 0.382 e. The van der Waals surface area contributed by atoms with Crippen LogP contribution < -0.4 is 11.1 Å². The number of nitrogens with two attached hydrogens (primary N) is 1. The second kappa shape index (κ2) is 9.15. The van der Waals surface area contributed by atoms with E-state index in [2.05, 4.69) is 29.6 Å². The Morgan fingerprint density at radius 3 is 2.91 bits per heavy atom. The fourth-order valence-corrected chi connectivity index (χ4v) is 3.63. The van der Waals surface area contributed by atoms with Crippen LogP contribution in [-0.2, 0) is 15.1 Å². The van der Waals surface area contributed by atoms with E-state index in [1.54, 1.807) is 29.8 Å². The minimum absolute atomic E-state index is 0.0449. The number of imidazole rings is 1. The molecule has 2 atom stereocenters. The summed E-state index contributed by atoms with van der Waals surface area (Å²) in [5.41, 5.74) is 7.73. The zero-order valence-electron chi connectivity index (χ0n) is 17.5. The van der Waals surface area contributed by atoms with E-state index in [9.17, 15) is 13.9 Å². The van der Waals surface area contributed by atoms with Crippen molar-refractivity contribution in [2.24, 2.45) is 4.36 Å². The number of benzene rings is 1. The number of hydrogen-bond donors (Lipinski definition) is 3. The molecule has 1 aromatic carbocycles. The molecule has 3 aromatic heterocycles. The molecule has 0 radical (unpaired) electrons. The number of hydrogen-bond acceptors (Lipinski definition) is 10. The topological polar surface area (TPSA) is 157 Å². The minimum atomic E-state index is -2.25. The molecular weight excluding hydrogens is 449 g/mol. The first kappa shape index (κ1) is 22.1. The van der Waals surface area contributed by atoms with Gasteiger partial charge in [-0.25, -0.2) is 23.6 Å². The highest BCUT2D eigenvalue weighted by Gasteiger charge is 2.21. The van der Waals surface area contributed by atoms with Crippen LogP contribution in [0.2, 0.25) is 0 Å². The Kier molecular flexibility index (Phi) is 6.11. The van der Waals surface area contributed by atoms with Gasteiger partial charge in [-0.2, -0.15) is 9.62 Å². The molecule has 13 heteroatoms. The van der Waals surface area contributed by atoms with E-state index in [1.807, 2.05) is 6.07 Å². The first-order valence-electron chi connectivity index (χ1n) is 9.54. The number of nitrogens with zero attached hydrogens (tertiary/aromatic N) is 7. The van der Waals surface area contributed by atoms with Gasteiger partial charge in [0.25, 0.3) is 0 Å². The molecule has 0 spiro atoms. The fraction of sp³-hybridized carbons (Fsp3) is 0.150. The van der Waals surface area contributed by atoms with Gasteiger partial charge in [0.2, 0.25) is 0 Å². The number of aromatic nitrogens is 5. The highest BCUT2D eigenvalue weighted by molar-refractivity contribution is 7.69. The zero-order chi connectivity index (χ0) is 23.5. The van der Waals surface area contributed by atoms with Gasteiger partial charge < -0.3 is 11.1 Å². The van der Waals surface area contributed by atoms with E-state index in [-0.39, 0.29) is 17.2 Å². The average molecular weight is 467 g/mol. The van der Waals surface area contributed by atoms with E-state index >= 15 is 0 Å². The number of pyridine rings is 1. The van der Waals surface area contributed by atoms with Crippen LogP contribution in [0.15, 0.2) is 47.3 Å². The van der Waals surface area contributed by atoms with E-state index in [0.29, 0.717) is 28.2 Å². The molecule has 0 bridgehead atoms. The summed E-state index contributed by atoms with van der Waals surface area (Å²) >= 11 is 0. The maximum absolute atomic E-state index is 14.1. The molecular formula is C20H18FN9O2S. The third kappa shape index (κ3) is 4.43. The monoisotopic (exact) mass is 467 g/mol. The van der Waals surface area contributed by atoms with Crippen LogP contribution in [0.25, 0.3) is 16.7 Å². The van der Waals surface area contributed by atoms with Crippen LogP contribution in [0.4, 0.5) is 21.7 Å². The molecule has 0 aliphatic carbocycles. The number of anilines is 2. The molecule has 11 nitrogen and oxygen atoms in total. The highest BCUT2D eigenvalue weighted by atomic mass is 32.2. The van der Waals surface area contributed by atoms with Gasteiger partial charge in [-0.05, 0) is 25.1 Å². The number of halogens is 1. The molecule has 0 aliphatic rings. The average Bonchev–Trinajstić information content (AvgIpc) is 3.18. The summed E-state index contributed by atoms with van der Waals surface area (Å²) in [7, 11) is -0.961. The van der Waals surface area contributed by atoms with Crippen LogP contribution >= 0.6 is 0 Å². The summed E-state index contributed by atoms with van der Waals surface area (Å²) in [6.45, 7) is 1.80. The maximum atomic E-state index is 14.1. The third-order valence-electron chi connectivity index (χ3n) is 4.69. The normalized spacial score (nSPS) is 13.0. The summed E-state index contributed by atoms with van der Waals surface area (Å²) in [5.74, 6) is 0.318. The number of nitrogens with one attached hydrogen (secondary N) is 1. The smallest absolute Gasteiger partial charge is 0.157 e. The molecule has 1 unspecified atom stereocenters. The number of rotatable bonds is 6. The summed E-state index contributed by atoms with van der Waals surface area (Å²) in [6, 6.07) is 7.33. The molecule has 0 saturated carbocycles. The number of fused-ring (bicyclic) bond motifs is 1. The summed E-state index contributed by atoms with van der Waals surface area (Å²) in [6.07, 6.45) is 4.22. The molecule has 4 aromatic rings. The fourth-order valence-electron chi connectivity index (χ4n) is 3.25. The maximum Gasteiger partial charge on any atom is 0.157 e. The molecule has 0 saturated heterocycles. The summed E-state index contributed by atoms with van der Waals surface area (Å²) in [4.78, 5) is 16.7. The SMILES string of the molecule is CO[SH](=O)=Nc1cncc(-n2c([C@@H](C)Nc3ncnc(N)c3C#N)nc3ccc(F)cc32)c1. The van der Waals surface area contributed by atoms with Crippen LogP contribution in [0.5, 0.6) is 0 Å². The van der Waals surface area contributed by atoms with Crippen molar-refractivity contribution in [3.8, 4) is 11.8 Å². The Balaban J connectivity index is 1.86. The quantitative estimate of drug-likeness (QED) is 0.363. The molecule has 4 rings (SSSR count). The lowest BCUT2D eigenvalue weighted by Crippen LogP contribution is -2.15. The van der Waals surface area contributed by atoms with Crippen LogP contribution in [0.3, 0.4) is 0 Å². The number of nitrogen functional groups attached to an aromatic ring is 1. The third-order valence-corrected chi connectivity index (χ3v) is 5.40. The van der Waals surface area contributed by atoms with Crippen LogP contribution in [0.1, 0.15) is 24.4 Å². The van der Waals surface area contributed by atoms with Gasteiger partial charge in [0.05, 0.1) is 48.0 Å². The van der Waals surface area contributed by atoms with Gasteiger partial charge in [-0.3, -0.25) is 13.7 Å². The first-order chi connectivity index (χ1) is 15.9. The van der Waals surface area contributed by atoms with E-state index in [0.717, 1.165) is 0 Å². The second-order valence-corrected chi connectivity index (χ2v) is 7.86. The van der Waals surface area contributed by atoms with Gasteiger partial charge in [-0.15, -0.1) is 0 Å². The van der Waals surface area contributed by atoms with Crippen molar-refractivity contribution in [3.63, 3.8) is 0 Å². The first-order valence-corrected chi connectivity index (χ1v) is 10.7. The Morgan fingerprint density at radius 2 is 2.15 bits per heavy atom. The lowest BCUT2D eigenvalue weighted by Gasteiger charge is -2.17. The van der Waals surface area contributed by atoms with Gasteiger partial charge in [-0.1, -0.05) is 0 Å². The van der Waals surface area contributed by atoms with Gasteiger partial charge >= 0.3 is 0 Å². The van der Waals surface area contributed by atoms with Gasteiger partial charge in [0, 0.05) is 6.07 Å². The lowest BCUT2D eigenvalue weighted by molar-refractivity contribution is 0.453. The van der Waals surface area contributed by atoms with Crippen molar-refractivity contribution in [1.29, 1.82) is 5.26 Å². The highest BCUT2D eigenvalue weighted by Crippen LogP contribution is 2.29. The van der Waals surface area contributed by atoms with E-state index < -0.39 is 22.7 Å². The van der Waals surface area contributed by atoms with Gasteiger partial charge in [0.1, 0.15) is 41.2 Å². The van der Waals surface area contributed by atoms with E-state index in [1.165, 1.54) is 31.8 Å². The van der Waals surface area contributed by atoms with Crippen molar-refractivity contribution < 1.29 is 12.8 Å². The molecule has 3 heterocycles. The van der Waals surface area contributed by atoms with Crippen molar-refractivity contribution in [2.45, 2.75) is 13.0 Å². The van der Waals surface area contributed by atoms with Gasteiger partial charge in [0.15, 0.2) is 10.9 Å². The molecule has 168 valence electrons. The molecule has 3 N–H and O–H groups in total. The number of nitriles is 1. The Hall–Kier alpha value is -4.15. The summed E-state index contributed by atoms with van der Waals surface area (Å²) < 4.78 is 36.2. The standard InChI is InChI=1S/C20H18FN9O2S/c1-11(27-19-15(7-22)18(23)25-10-26-19)20-28-16-4-3-12(21)5-17(16)30(20)14-6-13(8-24-9-14)29-33(31)32-2/h3-6,8-11,33H,1-2H3,(H3,23,25,26,27)/t11-/m1/s1. The van der Waals surface area contributed by atoms with Crippen molar-refractivity contribution in [3.05, 3.63) is 60.2 Å². The Labute approximate surface area is 189 Å². The van der Waals surface area contributed by atoms with Crippen molar-refractivity contribution >= 4 is 39.2 Å². The second-order valence-electron chi connectivity index (χ2n) is 6.82.